The van der Waals surface area contributed by atoms with Gasteiger partial charge in [-0.2, -0.15) is 5.10 Å². The van der Waals surface area contributed by atoms with Crippen molar-refractivity contribution in [2.45, 2.75) is 0 Å². The summed E-state index contributed by atoms with van der Waals surface area (Å²) in [7, 11) is 0. The van der Waals surface area contributed by atoms with Gasteiger partial charge in [0.25, 0.3) is 5.91 Å². The maximum Gasteiger partial charge on any atom is 0.276 e. The maximum atomic E-state index is 11.9. The highest BCUT2D eigenvalue weighted by atomic mass is 16.5. The van der Waals surface area contributed by atoms with E-state index in [-0.39, 0.29) is 11.6 Å². The van der Waals surface area contributed by atoms with Crippen LogP contribution in [0.3, 0.4) is 0 Å². The van der Waals surface area contributed by atoms with Crippen molar-refractivity contribution in [1.82, 2.24) is 10.2 Å². The van der Waals surface area contributed by atoms with Crippen LogP contribution >= 0.6 is 0 Å². The quantitative estimate of drug-likeness (QED) is 0.798. The van der Waals surface area contributed by atoms with E-state index in [4.69, 9.17) is 4.74 Å². The number of nitrogens with one attached hydrogen (secondary N) is 1. The number of benzene rings is 2. The van der Waals surface area contributed by atoms with Crippen molar-refractivity contribution in [3.8, 4) is 11.5 Å². The van der Waals surface area contributed by atoms with Gasteiger partial charge in [0.2, 0.25) is 0 Å². The monoisotopic (exact) mass is 291 g/mol. The second kappa shape index (κ2) is 6.49. The molecule has 5 heteroatoms. The van der Waals surface area contributed by atoms with Gasteiger partial charge in [0.05, 0.1) is 0 Å². The first kappa shape index (κ1) is 13.8. The highest BCUT2D eigenvalue weighted by molar-refractivity contribution is 6.02. The molecule has 0 saturated heterocycles. The number of hydrogen-bond donors (Lipinski definition) is 1. The lowest BCUT2D eigenvalue weighted by atomic mass is 10.3. The number of anilines is 1. The molecule has 1 heterocycles. The minimum atomic E-state index is -0.301. The van der Waals surface area contributed by atoms with E-state index in [1.807, 2.05) is 30.3 Å². The van der Waals surface area contributed by atoms with E-state index in [0.29, 0.717) is 11.4 Å². The van der Waals surface area contributed by atoms with Crippen LogP contribution in [0.4, 0.5) is 5.69 Å². The van der Waals surface area contributed by atoms with Crippen LogP contribution in [0, 0.1) is 0 Å². The Morgan fingerprint density at radius 3 is 2.27 bits per heavy atom. The Labute approximate surface area is 127 Å². The largest absolute Gasteiger partial charge is 0.457 e. The Balaban J connectivity index is 1.66. The van der Waals surface area contributed by atoms with E-state index in [2.05, 4.69) is 15.5 Å². The van der Waals surface area contributed by atoms with E-state index in [1.54, 1.807) is 36.4 Å². The Bertz CT molecular complexity index is 744. The molecule has 3 rings (SSSR count). The molecule has 22 heavy (non-hydrogen) atoms. The number of para-hydroxylation sites is 1. The van der Waals surface area contributed by atoms with Crippen LogP contribution in [0.5, 0.6) is 11.5 Å². The molecule has 108 valence electrons. The average molecular weight is 291 g/mol. The van der Waals surface area contributed by atoms with Crippen LogP contribution in [0.1, 0.15) is 10.5 Å². The van der Waals surface area contributed by atoms with Gasteiger partial charge in [0.15, 0.2) is 5.69 Å². The third-order valence-corrected chi connectivity index (χ3v) is 2.90. The molecular weight excluding hydrogens is 278 g/mol. The third kappa shape index (κ3) is 3.46. The molecule has 0 fully saturated rings. The molecule has 0 atom stereocenters. The number of carbonyl (C=O) groups is 1. The predicted molar refractivity (Wildman–Crippen MR) is 82.9 cm³/mol. The molecule has 0 spiro atoms. The summed E-state index contributed by atoms with van der Waals surface area (Å²) >= 11 is 0. The summed E-state index contributed by atoms with van der Waals surface area (Å²) in [5.74, 6) is 1.16. The topological polar surface area (TPSA) is 64.1 Å². The fraction of sp³-hybridized carbons (Fsp3) is 0. The summed E-state index contributed by atoms with van der Waals surface area (Å²) in [4.78, 5) is 11.9. The normalized spacial score (nSPS) is 10.0. The molecule has 5 nitrogen and oxygen atoms in total. The smallest absolute Gasteiger partial charge is 0.276 e. The molecule has 1 N–H and O–H groups in total. The van der Waals surface area contributed by atoms with Gasteiger partial charge in [-0.05, 0) is 48.5 Å². The first-order chi connectivity index (χ1) is 10.8. The number of amides is 1. The third-order valence-electron chi connectivity index (χ3n) is 2.90. The molecule has 3 aromatic rings. The van der Waals surface area contributed by atoms with Gasteiger partial charge in [-0.25, -0.2) is 0 Å². The minimum absolute atomic E-state index is 0.270. The lowest BCUT2D eigenvalue weighted by Crippen LogP contribution is -2.13. The van der Waals surface area contributed by atoms with Crippen LogP contribution in [0.25, 0.3) is 0 Å². The lowest BCUT2D eigenvalue weighted by Gasteiger charge is -2.07. The van der Waals surface area contributed by atoms with Gasteiger partial charge in [-0.1, -0.05) is 18.2 Å². The molecule has 0 aliphatic heterocycles. The molecule has 0 aliphatic carbocycles. The lowest BCUT2D eigenvalue weighted by molar-refractivity contribution is 0.102. The van der Waals surface area contributed by atoms with Crippen molar-refractivity contribution in [2.75, 3.05) is 5.32 Å². The molecule has 0 aliphatic rings. The average Bonchev–Trinajstić information content (AvgIpc) is 2.58. The number of carbonyl (C=O) groups excluding carboxylic acids is 1. The Kier molecular flexibility index (Phi) is 4.06. The van der Waals surface area contributed by atoms with Gasteiger partial charge in [-0.3, -0.25) is 4.79 Å². The fourth-order valence-electron chi connectivity index (χ4n) is 1.85. The molecule has 0 saturated carbocycles. The van der Waals surface area contributed by atoms with Crippen molar-refractivity contribution in [2.24, 2.45) is 0 Å². The summed E-state index contributed by atoms with van der Waals surface area (Å²) in [5, 5.41) is 10.2. The molecule has 1 aromatic heterocycles. The van der Waals surface area contributed by atoms with Crippen molar-refractivity contribution in [3.63, 3.8) is 0 Å². The van der Waals surface area contributed by atoms with Gasteiger partial charge >= 0.3 is 0 Å². The first-order valence-electron chi connectivity index (χ1n) is 6.73. The van der Waals surface area contributed by atoms with Crippen molar-refractivity contribution >= 4 is 11.6 Å². The van der Waals surface area contributed by atoms with Gasteiger partial charge in [-0.15, -0.1) is 5.10 Å². The zero-order valence-electron chi connectivity index (χ0n) is 11.6. The summed E-state index contributed by atoms with van der Waals surface area (Å²) in [6.07, 6.45) is 1.52. The maximum absolute atomic E-state index is 11.9. The zero-order chi connectivity index (χ0) is 15.2. The van der Waals surface area contributed by atoms with E-state index in [1.165, 1.54) is 6.20 Å². The van der Waals surface area contributed by atoms with Crippen LogP contribution in [-0.4, -0.2) is 16.1 Å². The van der Waals surface area contributed by atoms with Crippen LogP contribution in [-0.2, 0) is 0 Å². The van der Waals surface area contributed by atoms with Crippen molar-refractivity contribution in [3.05, 3.63) is 78.6 Å². The Morgan fingerprint density at radius 1 is 0.864 bits per heavy atom. The van der Waals surface area contributed by atoms with Crippen LogP contribution in [0.15, 0.2) is 72.9 Å². The summed E-state index contributed by atoms with van der Waals surface area (Å²) in [6, 6.07) is 19.9. The Hall–Kier alpha value is -3.21. The van der Waals surface area contributed by atoms with E-state index >= 15 is 0 Å². The standard InChI is InChI=1S/C17H13N3O2/c21-17(16-7-4-12-18-20-16)19-13-8-10-15(11-9-13)22-14-5-2-1-3-6-14/h1-12H,(H,19,21). The van der Waals surface area contributed by atoms with E-state index in [9.17, 15) is 4.79 Å². The summed E-state index contributed by atoms with van der Waals surface area (Å²) in [5.41, 5.74) is 0.933. The number of nitrogens with zero attached hydrogens (tertiary/aromatic N) is 2. The second-order valence-electron chi connectivity index (χ2n) is 4.50. The molecule has 0 radical (unpaired) electrons. The van der Waals surface area contributed by atoms with Gasteiger partial charge < -0.3 is 10.1 Å². The van der Waals surface area contributed by atoms with Crippen LogP contribution in [0.2, 0.25) is 0 Å². The molecule has 1 amide bonds. The highest BCUT2D eigenvalue weighted by Crippen LogP contribution is 2.22. The highest BCUT2D eigenvalue weighted by Gasteiger charge is 2.07. The molecule has 2 aromatic carbocycles. The van der Waals surface area contributed by atoms with E-state index in [0.717, 1.165) is 5.75 Å². The summed E-state index contributed by atoms with van der Waals surface area (Å²) in [6.45, 7) is 0. The zero-order valence-corrected chi connectivity index (χ0v) is 11.6. The van der Waals surface area contributed by atoms with E-state index < -0.39 is 0 Å². The molecule has 0 unspecified atom stereocenters. The second-order valence-corrected chi connectivity index (χ2v) is 4.50. The predicted octanol–water partition coefficient (Wildman–Crippen LogP) is 3.52. The summed E-state index contributed by atoms with van der Waals surface area (Å²) < 4.78 is 5.69. The van der Waals surface area contributed by atoms with Gasteiger partial charge in [0.1, 0.15) is 11.5 Å². The molecule has 0 bridgehead atoms. The van der Waals surface area contributed by atoms with Crippen molar-refractivity contribution < 1.29 is 9.53 Å². The number of ether oxygens (including phenoxy) is 1. The van der Waals surface area contributed by atoms with Crippen molar-refractivity contribution in [1.29, 1.82) is 0 Å². The number of rotatable bonds is 4. The number of hydrogen-bond acceptors (Lipinski definition) is 4. The van der Waals surface area contributed by atoms with Crippen LogP contribution < -0.4 is 10.1 Å². The first-order valence-corrected chi connectivity index (χ1v) is 6.73. The fourth-order valence-corrected chi connectivity index (χ4v) is 1.85. The Morgan fingerprint density at radius 2 is 1.59 bits per heavy atom. The number of aromatic nitrogens is 2. The molecular formula is C17H13N3O2. The minimum Gasteiger partial charge on any atom is -0.457 e. The SMILES string of the molecule is O=C(Nc1ccc(Oc2ccccc2)cc1)c1cccnn1. The van der Waals surface area contributed by atoms with Gasteiger partial charge in [0, 0.05) is 11.9 Å².